The number of carbonyl (C=O) groups excluding carboxylic acids is 3. The van der Waals surface area contributed by atoms with Crippen molar-refractivity contribution in [1.82, 2.24) is 10.2 Å². The zero-order chi connectivity index (χ0) is 19.7. The highest BCUT2D eigenvalue weighted by Crippen LogP contribution is 2.38. The number of carbonyl (C=O) groups is 3. The minimum absolute atomic E-state index is 0.0786. The highest BCUT2D eigenvalue weighted by molar-refractivity contribution is 6.05. The number of nitrogens with one attached hydrogen (secondary N) is 1. The Kier molecular flexibility index (Phi) is 5.16. The summed E-state index contributed by atoms with van der Waals surface area (Å²) in [6.45, 7) is 2.13. The smallest absolute Gasteiger partial charge is 0.233 e. The lowest BCUT2D eigenvalue weighted by Gasteiger charge is -2.19. The van der Waals surface area contributed by atoms with Crippen LogP contribution in [0.25, 0.3) is 10.8 Å². The molecule has 0 spiro atoms. The van der Waals surface area contributed by atoms with Gasteiger partial charge in [0.2, 0.25) is 17.7 Å². The highest BCUT2D eigenvalue weighted by atomic mass is 16.2. The van der Waals surface area contributed by atoms with Gasteiger partial charge in [0, 0.05) is 13.0 Å². The van der Waals surface area contributed by atoms with E-state index < -0.39 is 0 Å². The molecule has 5 nitrogen and oxygen atoms in total. The number of amides is 3. The second kappa shape index (κ2) is 7.74. The third kappa shape index (κ3) is 3.53. The third-order valence-electron chi connectivity index (χ3n) is 6.15. The first-order valence-electron chi connectivity index (χ1n) is 10.2. The van der Waals surface area contributed by atoms with Gasteiger partial charge in [0.1, 0.15) is 0 Å². The largest absolute Gasteiger partial charge is 0.350 e. The van der Waals surface area contributed by atoms with E-state index in [1.54, 1.807) is 0 Å². The zero-order valence-electron chi connectivity index (χ0n) is 16.2. The van der Waals surface area contributed by atoms with Crippen LogP contribution in [0.5, 0.6) is 0 Å². The van der Waals surface area contributed by atoms with Crippen molar-refractivity contribution in [2.75, 3.05) is 6.54 Å². The molecule has 2 fully saturated rings. The Labute approximate surface area is 165 Å². The molecule has 0 bridgehead atoms. The molecule has 2 aliphatic rings. The Balaban J connectivity index is 1.35. The minimum atomic E-state index is -0.152. The van der Waals surface area contributed by atoms with E-state index in [0.717, 1.165) is 42.0 Å². The van der Waals surface area contributed by atoms with E-state index in [4.69, 9.17) is 0 Å². The molecular formula is C23H26N2O3. The fraction of sp³-hybridized carbons (Fsp3) is 0.435. The van der Waals surface area contributed by atoms with Crippen molar-refractivity contribution < 1.29 is 14.4 Å². The third-order valence-corrected chi connectivity index (χ3v) is 6.15. The van der Waals surface area contributed by atoms with Crippen LogP contribution in [0.1, 0.15) is 50.6 Å². The molecule has 0 radical (unpaired) electrons. The van der Waals surface area contributed by atoms with Gasteiger partial charge in [-0.3, -0.25) is 19.3 Å². The van der Waals surface area contributed by atoms with Crippen LogP contribution in [0.3, 0.4) is 0 Å². The Morgan fingerprint density at radius 2 is 1.68 bits per heavy atom. The summed E-state index contributed by atoms with van der Waals surface area (Å²) < 4.78 is 0. The van der Waals surface area contributed by atoms with Gasteiger partial charge in [0.05, 0.1) is 17.9 Å². The first-order valence-corrected chi connectivity index (χ1v) is 10.2. The Bertz CT molecular complexity index is 899. The first kappa shape index (κ1) is 18.7. The molecule has 1 N–H and O–H groups in total. The van der Waals surface area contributed by atoms with Crippen LogP contribution < -0.4 is 5.32 Å². The van der Waals surface area contributed by atoms with Gasteiger partial charge in [-0.2, -0.15) is 0 Å². The average Bonchev–Trinajstić information content (AvgIpc) is 2.96. The molecule has 1 heterocycles. The van der Waals surface area contributed by atoms with Crippen molar-refractivity contribution in [1.29, 1.82) is 0 Å². The van der Waals surface area contributed by atoms with Crippen LogP contribution in [0.4, 0.5) is 0 Å². The Morgan fingerprint density at radius 3 is 2.36 bits per heavy atom. The molecule has 2 aromatic rings. The molecule has 0 unspecified atom stereocenters. The summed E-state index contributed by atoms with van der Waals surface area (Å²) >= 11 is 0. The monoisotopic (exact) mass is 378 g/mol. The predicted molar refractivity (Wildman–Crippen MR) is 107 cm³/mol. The molecule has 0 aromatic heterocycles. The number of fused-ring (bicyclic) bond motifs is 2. The van der Waals surface area contributed by atoms with Gasteiger partial charge in [-0.1, -0.05) is 49.2 Å². The van der Waals surface area contributed by atoms with Crippen LogP contribution in [0.2, 0.25) is 0 Å². The summed E-state index contributed by atoms with van der Waals surface area (Å²) in [4.78, 5) is 38.7. The maximum Gasteiger partial charge on any atom is 0.233 e. The molecule has 1 saturated heterocycles. The highest BCUT2D eigenvalue weighted by Gasteiger charge is 2.47. The summed E-state index contributed by atoms with van der Waals surface area (Å²) in [5.41, 5.74) is 1.03. The van der Waals surface area contributed by atoms with Crippen molar-refractivity contribution in [2.24, 2.45) is 11.8 Å². The maximum absolute atomic E-state index is 12.5. The average molecular weight is 378 g/mol. The summed E-state index contributed by atoms with van der Waals surface area (Å²) in [7, 11) is 0. The fourth-order valence-electron chi connectivity index (χ4n) is 4.54. The molecule has 28 heavy (non-hydrogen) atoms. The van der Waals surface area contributed by atoms with Gasteiger partial charge in [0.25, 0.3) is 0 Å². The molecule has 4 rings (SSSR count). The first-order chi connectivity index (χ1) is 13.5. The van der Waals surface area contributed by atoms with Gasteiger partial charge in [-0.25, -0.2) is 0 Å². The molecule has 2 aromatic carbocycles. The molecule has 3 amide bonds. The number of hydrogen-bond donors (Lipinski definition) is 1. The van der Waals surface area contributed by atoms with Gasteiger partial charge in [0.15, 0.2) is 0 Å². The number of benzene rings is 2. The second-order valence-electron chi connectivity index (χ2n) is 7.97. The Morgan fingerprint density at radius 1 is 1.04 bits per heavy atom. The van der Waals surface area contributed by atoms with Crippen molar-refractivity contribution in [2.45, 2.75) is 45.1 Å². The lowest BCUT2D eigenvalue weighted by molar-refractivity contribution is -0.140. The van der Waals surface area contributed by atoms with E-state index in [1.807, 2.05) is 25.1 Å². The van der Waals surface area contributed by atoms with Gasteiger partial charge < -0.3 is 5.32 Å². The normalized spacial score (nSPS) is 23.0. The molecule has 3 atom stereocenters. The summed E-state index contributed by atoms with van der Waals surface area (Å²) in [5.74, 6) is -0.604. The molecule has 5 heteroatoms. The molecule has 1 aliphatic heterocycles. The van der Waals surface area contributed by atoms with Crippen LogP contribution in [0, 0.1) is 11.8 Å². The molecule has 146 valence electrons. The SMILES string of the molecule is C[C@H](NC(=O)CCN1C(=O)[C@H]2CCCC[C@H]2C1=O)c1ccc2ccccc2c1. The van der Waals surface area contributed by atoms with Crippen LogP contribution in [-0.4, -0.2) is 29.2 Å². The lowest BCUT2D eigenvalue weighted by atomic mass is 9.81. The van der Waals surface area contributed by atoms with E-state index in [0.29, 0.717) is 0 Å². The number of nitrogens with zero attached hydrogens (tertiary/aromatic N) is 1. The van der Waals surface area contributed by atoms with E-state index >= 15 is 0 Å². The van der Waals surface area contributed by atoms with Crippen molar-refractivity contribution >= 4 is 28.5 Å². The summed E-state index contributed by atoms with van der Waals surface area (Å²) in [6, 6.07) is 14.1. The number of imide groups is 1. The minimum Gasteiger partial charge on any atom is -0.350 e. The quantitative estimate of drug-likeness (QED) is 0.809. The zero-order valence-corrected chi connectivity index (χ0v) is 16.2. The number of likely N-dealkylation sites (tertiary alicyclic amines) is 1. The number of rotatable bonds is 5. The van der Waals surface area contributed by atoms with Crippen LogP contribution >= 0.6 is 0 Å². The number of hydrogen-bond acceptors (Lipinski definition) is 3. The fourth-order valence-corrected chi connectivity index (χ4v) is 4.54. The van der Waals surface area contributed by atoms with Gasteiger partial charge in [-0.15, -0.1) is 0 Å². The summed E-state index contributed by atoms with van der Waals surface area (Å²) in [6.07, 6.45) is 3.78. The van der Waals surface area contributed by atoms with E-state index in [9.17, 15) is 14.4 Å². The molecule has 1 saturated carbocycles. The topological polar surface area (TPSA) is 66.5 Å². The van der Waals surface area contributed by atoms with Gasteiger partial charge in [-0.05, 0) is 42.2 Å². The molecular weight excluding hydrogens is 352 g/mol. The lowest BCUT2D eigenvalue weighted by Crippen LogP contribution is -2.36. The Hall–Kier alpha value is -2.69. The van der Waals surface area contributed by atoms with Crippen molar-refractivity contribution in [3.63, 3.8) is 0 Å². The van der Waals surface area contributed by atoms with Crippen molar-refractivity contribution in [3.05, 3.63) is 48.0 Å². The maximum atomic E-state index is 12.5. The molecule has 1 aliphatic carbocycles. The van der Waals surface area contributed by atoms with E-state index in [2.05, 4.69) is 29.6 Å². The van der Waals surface area contributed by atoms with Crippen LogP contribution in [-0.2, 0) is 14.4 Å². The van der Waals surface area contributed by atoms with E-state index in [-0.39, 0.29) is 48.6 Å². The van der Waals surface area contributed by atoms with E-state index in [1.165, 1.54) is 4.90 Å². The van der Waals surface area contributed by atoms with Crippen molar-refractivity contribution in [3.8, 4) is 0 Å². The standard InChI is InChI=1S/C23H26N2O3/c1-15(17-11-10-16-6-2-3-7-18(16)14-17)24-21(26)12-13-25-22(27)19-8-4-5-9-20(19)23(25)28/h2-3,6-7,10-11,14-15,19-20H,4-5,8-9,12-13H2,1H3,(H,24,26)/t15-,19-,20+/m0/s1. The van der Waals surface area contributed by atoms with Gasteiger partial charge >= 0.3 is 0 Å². The van der Waals surface area contributed by atoms with Crippen LogP contribution in [0.15, 0.2) is 42.5 Å². The summed E-state index contributed by atoms with van der Waals surface area (Å²) in [5, 5.41) is 5.29. The second-order valence-corrected chi connectivity index (χ2v) is 7.97. The predicted octanol–water partition coefficient (Wildman–Crippen LogP) is 3.58.